The van der Waals surface area contributed by atoms with E-state index in [1.54, 1.807) is 0 Å². The van der Waals surface area contributed by atoms with Gasteiger partial charge in [-0.15, -0.1) is 23.2 Å². The molecule has 0 saturated heterocycles. The van der Waals surface area contributed by atoms with Crippen LogP contribution in [0.5, 0.6) is 0 Å². The van der Waals surface area contributed by atoms with Crippen molar-refractivity contribution in [1.82, 2.24) is 0 Å². The second kappa shape index (κ2) is 7.55. The summed E-state index contributed by atoms with van der Waals surface area (Å²) in [6.45, 7) is -1.000. The van der Waals surface area contributed by atoms with E-state index in [1.165, 1.54) is 0 Å². The number of hydrogen-bond donors (Lipinski definition) is 2. The molecule has 1 atom stereocenters. The van der Waals surface area contributed by atoms with Crippen LogP contribution < -0.4 is 5.14 Å². The van der Waals surface area contributed by atoms with Gasteiger partial charge in [0.15, 0.2) is 0 Å². The molecule has 1 aromatic carbocycles. The first kappa shape index (κ1) is 20.5. The highest BCUT2D eigenvalue weighted by Crippen LogP contribution is 2.35. The summed E-state index contributed by atoms with van der Waals surface area (Å²) in [4.78, 5) is 18.7. The van der Waals surface area contributed by atoms with Gasteiger partial charge in [0.25, 0.3) is 11.4 Å². The van der Waals surface area contributed by atoms with Crippen LogP contribution >= 0.6 is 23.2 Å². The third-order valence-corrected chi connectivity index (χ3v) is 3.57. The Morgan fingerprint density at radius 2 is 1.67 bits per heavy atom. The van der Waals surface area contributed by atoms with E-state index >= 15 is 0 Å². The average molecular weight is 404 g/mol. The molecule has 0 spiro atoms. The van der Waals surface area contributed by atoms with Crippen LogP contribution in [0.1, 0.15) is 12.0 Å². The molecule has 0 aromatic heterocycles. The molecule has 0 radical (unpaired) electrons. The van der Waals surface area contributed by atoms with Gasteiger partial charge in [0.05, 0.1) is 15.9 Å². The van der Waals surface area contributed by atoms with Crippen molar-refractivity contribution in [2.75, 3.05) is 6.61 Å². The number of nitro benzene ring substituents is 2. The predicted octanol–water partition coefficient (Wildman–Crippen LogP) is 1.10. The lowest BCUT2D eigenvalue weighted by molar-refractivity contribution is -0.394. The van der Waals surface area contributed by atoms with E-state index in [0.717, 1.165) is 12.1 Å². The Hall–Kier alpha value is -1.57. The summed E-state index contributed by atoms with van der Waals surface area (Å²) in [5, 5.41) is 37.0. The van der Waals surface area contributed by atoms with E-state index < -0.39 is 55.0 Å². The highest BCUT2D eigenvalue weighted by molar-refractivity contribution is 7.84. The lowest BCUT2D eigenvalue weighted by atomic mass is 9.91. The number of aliphatic hydroxyl groups is 1. The van der Waals surface area contributed by atoms with E-state index in [0.29, 0.717) is 6.07 Å². The Morgan fingerprint density at radius 3 is 2.00 bits per heavy atom. The number of non-ortho nitro benzene ring substituents is 2. The van der Waals surface area contributed by atoms with Crippen molar-refractivity contribution in [2.45, 2.75) is 16.9 Å². The summed E-state index contributed by atoms with van der Waals surface area (Å²) >= 11 is 11.1. The molecule has 1 unspecified atom stereocenters. The lowest BCUT2D eigenvalue weighted by Gasteiger charge is -2.28. The molecular weight excluding hydrogens is 393 g/mol. The summed E-state index contributed by atoms with van der Waals surface area (Å²) in [6, 6.07) is 2.30. The van der Waals surface area contributed by atoms with Crippen LogP contribution in [0.3, 0.4) is 0 Å². The summed E-state index contributed by atoms with van der Waals surface area (Å²) < 4.78 is 26.1. The summed E-state index contributed by atoms with van der Waals surface area (Å²) in [7, 11) is -4.47. The van der Waals surface area contributed by atoms with E-state index in [-0.39, 0.29) is 5.56 Å². The van der Waals surface area contributed by atoms with E-state index in [1.807, 2.05) is 0 Å². The van der Waals surface area contributed by atoms with E-state index in [9.17, 15) is 33.8 Å². The third-order valence-electron chi connectivity index (χ3n) is 2.82. The predicted molar refractivity (Wildman–Crippen MR) is 82.8 cm³/mol. The quantitative estimate of drug-likeness (QED) is 0.368. The molecule has 0 aliphatic heterocycles. The van der Waals surface area contributed by atoms with Gasteiger partial charge in [0, 0.05) is 18.6 Å². The molecule has 134 valence electrons. The Morgan fingerprint density at radius 1 is 1.21 bits per heavy atom. The van der Waals surface area contributed by atoms with Crippen LogP contribution in [0.15, 0.2) is 18.2 Å². The molecule has 14 heteroatoms. The van der Waals surface area contributed by atoms with Crippen molar-refractivity contribution < 1.29 is 27.6 Å². The Labute approximate surface area is 145 Å². The smallest absolute Gasteiger partial charge is 0.333 e. The zero-order valence-electron chi connectivity index (χ0n) is 11.7. The Balaban J connectivity index is 3.45. The van der Waals surface area contributed by atoms with Crippen LogP contribution in [-0.4, -0.2) is 34.8 Å². The van der Waals surface area contributed by atoms with E-state index in [4.69, 9.17) is 23.2 Å². The van der Waals surface area contributed by atoms with Crippen LogP contribution in [0.2, 0.25) is 0 Å². The minimum Gasteiger partial charge on any atom is -0.383 e. The molecule has 1 aromatic rings. The van der Waals surface area contributed by atoms with Crippen LogP contribution in [0.25, 0.3) is 0 Å². The van der Waals surface area contributed by atoms with Crippen molar-refractivity contribution in [3.05, 3.63) is 44.0 Å². The van der Waals surface area contributed by atoms with Gasteiger partial charge in [-0.25, -0.2) is 5.14 Å². The molecule has 11 nitrogen and oxygen atoms in total. The number of benzene rings is 1. The fraction of sp³-hybridized carbons (Fsp3) is 0.400. The number of halogens is 2. The first-order chi connectivity index (χ1) is 10.8. The monoisotopic (exact) mass is 403 g/mol. The van der Waals surface area contributed by atoms with Gasteiger partial charge in [-0.1, -0.05) is 0 Å². The van der Waals surface area contributed by atoms with Gasteiger partial charge in [-0.3, -0.25) is 24.4 Å². The molecule has 0 aliphatic carbocycles. The molecule has 0 amide bonds. The van der Waals surface area contributed by atoms with Gasteiger partial charge in [-0.2, -0.15) is 8.42 Å². The van der Waals surface area contributed by atoms with Crippen LogP contribution in [0, 0.1) is 20.2 Å². The zero-order valence-corrected chi connectivity index (χ0v) is 14.0. The molecule has 0 bridgehead atoms. The molecule has 24 heavy (non-hydrogen) atoms. The first-order valence-electron chi connectivity index (χ1n) is 5.96. The Bertz CT molecular complexity index is 724. The molecule has 1 rings (SSSR count). The second-order valence-corrected chi connectivity index (χ2v) is 7.13. The van der Waals surface area contributed by atoms with Crippen molar-refractivity contribution in [3.8, 4) is 0 Å². The molecule has 0 heterocycles. The summed E-state index contributed by atoms with van der Waals surface area (Å²) in [5.74, 6) is 0. The molecular formula is C10H11Cl2N3O8S. The normalized spacial score (nSPS) is 14.4. The fourth-order valence-corrected chi connectivity index (χ4v) is 2.64. The highest BCUT2D eigenvalue weighted by atomic mass is 35.5. The highest BCUT2D eigenvalue weighted by Gasteiger charge is 2.36. The minimum atomic E-state index is -4.47. The zero-order chi connectivity index (χ0) is 18.7. The number of rotatable bonds is 8. The number of nitro groups is 2. The number of hydrogen-bond acceptors (Lipinski definition) is 8. The van der Waals surface area contributed by atoms with E-state index in [2.05, 4.69) is 9.32 Å². The van der Waals surface area contributed by atoms with Crippen LogP contribution in [0.4, 0.5) is 11.4 Å². The molecule has 0 aliphatic rings. The lowest BCUT2D eigenvalue weighted by Crippen LogP contribution is -2.36. The van der Waals surface area contributed by atoms with Crippen molar-refractivity contribution >= 4 is 44.9 Å². The third kappa shape index (κ3) is 5.81. The van der Waals surface area contributed by atoms with Gasteiger partial charge >= 0.3 is 10.3 Å². The second-order valence-electron chi connectivity index (χ2n) is 4.63. The summed E-state index contributed by atoms with van der Waals surface area (Å²) in [5.41, 5.74) is -4.06. The minimum absolute atomic E-state index is 0.377. The van der Waals surface area contributed by atoms with Crippen LogP contribution in [-0.2, 0) is 20.1 Å². The summed E-state index contributed by atoms with van der Waals surface area (Å²) in [6.07, 6.45) is -0.538. The maximum absolute atomic E-state index is 10.9. The SMILES string of the molecule is NS(=O)(=O)OCC(O)(CC(Cl)Cl)c1cc([N+](=O)[O-])cc([N+](=O)[O-])c1. The first-order valence-corrected chi connectivity index (χ1v) is 8.30. The fourth-order valence-electron chi connectivity index (χ4n) is 1.77. The maximum Gasteiger partial charge on any atom is 0.333 e. The largest absolute Gasteiger partial charge is 0.383 e. The van der Waals surface area contributed by atoms with Crippen molar-refractivity contribution in [3.63, 3.8) is 0 Å². The van der Waals surface area contributed by atoms with Crippen molar-refractivity contribution in [2.24, 2.45) is 5.14 Å². The van der Waals surface area contributed by atoms with Gasteiger partial charge in [0.1, 0.15) is 17.0 Å². The standard InChI is InChI=1S/C10H11Cl2N3O8S/c11-9(12)4-10(16,5-23-24(13,21)22)6-1-7(14(17)18)3-8(2-6)15(19)20/h1-3,9,16H,4-5H2,(H2,13,21,22). The van der Waals surface area contributed by atoms with Gasteiger partial charge < -0.3 is 5.11 Å². The average Bonchev–Trinajstić information content (AvgIpc) is 2.43. The molecule has 0 saturated carbocycles. The van der Waals surface area contributed by atoms with Crippen molar-refractivity contribution in [1.29, 1.82) is 0 Å². The number of alkyl halides is 2. The number of nitrogens with zero attached hydrogens (tertiary/aromatic N) is 2. The molecule has 3 N–H and O–H groups in total. The topological polar surface area (TPSA) is 176 Å². The number of nitrogens with two attached hydrogens (primary N) is 1. The van der Waals surface area contributed by atoms with Gasteiger partial charge in [-0.05, 0) is 5.56 Å². The van der Waals surface area contributed by atoms with Gasteiger partial charge in [0.2, 0.25) is 0 Å². The Kier molecular flexibility index (Phi) is 6.44. The molecule has 0 fully saturated rings. The maximum atomic E-state index is 10.9.